The van der Waals surface area contributed by atoms with Crippen molar-refractivity contribution in [1.82, 2.24) is 9.80 Å². The van der Waals surface area contributed by atoms with Gasteiger partial charge in [-0.15, -0.1) is 0 Å². The van der Waals surface area contributed by atoms with Crippen molar-refractivity contribution in [1.29, 1.82) is 0 Å². The van der Waals surface area contributed by atoms with Crippen molar-refractivity contribution >= 4 is 23.4 Å². The smallest absolute Gasteiger partial charge is 0.255 e. The van der Waals surface area contributed by atoms with E-state index >= 15 is 0 Å². The molecule has 28 heavy (non-hydrogen) atoms. The molecule has 6 nitrogen and oxygen atoms in total. The molecule has 146 valence electrons. The van der Waals surface area contributed by atoms with Crippen molar-refractivity contribution in [2.45, 2.75) is 20.8 Å². The Balaban J connectivity index is 1.70. The second-order valence-corrected chi connectivity index (χ2v) is 7.21. The summed E-state index contributed by atoms with van der Waals surface area (Å²) in [5, 5.41) is 2.90. The van der Waals surface area contributed by atoms with Crippen molar-refractivity contribution in [3.05, 3.63) is 64.7 Å². The van der Waals surface area contributed by atoms with Crippen LogP contribution in [0.25, 0.3) is 0 Å². The first-order chi connectivity index (χ1) is 13.3. The number of aryl methyl sites for hydroxylation is 2. The molecule has 0 atom stereocenters. The lowest BCUT2D eigenvalue weighted by atomic mass is 10.1. The van der Waals surface area contributed by atoms with Gasteiger partial charge in [0, 0.05) is 49.9 Å². The Hall–Kier alpha value is -3.15. The fourth-order valence-electron chi connectivity index (χ4n) is 3.45. The number of carbonyl (C=O) groups is 3. The number of hydrogen-bond donors (Lipinski definition) is 1. The maximum Gasteiger partial charge on any atom is 0.255 e. The van der Waals surface area contributed by atoms with E-state index in [1.807, 2.05) is 32.0 Å². The molecule has 0 bridgehead atoms. The quantitative estimate of drug-likeness (QED) is 0.892. The normalized spacial score (nSPS) is 14.0. The van der Waals surface area contributed by atoms with Crippen LogP contribution in [0, 0.1) is 13.8 Å². The topological polar surface area (TPSA) is 69.7 Å². The Bertz CT molecular complexity index is 895. The van der Waals surface area contributed by atoms with Gasteiger partial charge in [0.15, 0.2) is 0 Å². The highest BCUT2D eigenvalue weighted by Crippen LogP contribution is 2.16. The lowest BCUT2D eigenvalue weighted by Gasteiger charge is -2.34. The average Bonchev–Trinajstić information content (AvgIpc) is 2.66. The second-order valence-electron chi connectivity index (χ2n) is 7.21. The Labute approximate surface area is 165 Å². The number of anilines is 1. The van der Waals surface area contributed by atoms with E-state index in [-0.39, 0.29) is 17.7 Å². The van der Waals surface area contributed by atoms with Crippen LogP contribution in [-0.4, -0.2) is 53.7 Å². The molecule has 1 heterocycles. The summed E-state index contributed by atoms with van der Waals surface area (Å²) in [6, 6.07) is 12.6. The van der Waals surface area contributed by atoms with Crippen LogP contribution in [0.5, 0.6) is 0 Å². The van der Waals surface area contributed by atoms with Crippen LogP contribution in [0.4, 0.5) is 5.69 Å². The molecular weight excluding hydrogens is 354 g/mol. The van der Waals surface area contributed by atoms with Crippen LogP contribution in [-0.2, 0) is 4.79 Å². The number of amides is 3. The van der Waals surface area contributed by atoms with Crippen LogP contribution in [0.3, 0.4) is 0 Å². The fourth-order valence-corrected chi connectivity index (χ4v) is 3.45. The Kier molecular flexibility index (Phi) is 5.78. The molecule has 1 aliphatic heterocycles. The molecule has 6 heteroatoms. The van der Waals surface area contributed by atoms with Crippen molar-refractivity contribution in [3.8, 4) is 0 Å². The minimum Gasteiger partial charge on any atom is -0.339 e. The summed E-state index contributed by atoms with van der Waals surface area (Å²) in [6.45, 7) is 7.56. The Morgan fingerprint density at radius 2 is 1.39 bits per heavy atom. The molecule has 1 aliphatic rings. The maximum atomic E-state index is 12.8. The molecule has 2 aromatic rings. The van der Waals surface area contributed by atoms with Gasteiger partial charge < -0.3 is 15.1 Å². The standard InChI is InChI=1S/C22H25N3O3/c1-15-11-16(2)13-20(12-15)23-21(27)18-5-4-6-19(14-18)22(28)25-9-7-24(8-10-25)17(3)26/h4-6,11-14H,7-10H2,1-3H3,(H,23,27). The van der Waals surface area contributed by atoms with Gasteiger partial charge in [0.2, 0.25) is 5.91 Å². The Morgan fingerprint density at radius 1 is 0.821 bits per heavy atom. The summed E-state index contributed by atoms with van der Waals surface area (Å²) >= 11 is 0. The van der Waals surface area contributed by atoms with Gasteiger partial charge in [0.1, 0.15) is 0 Å². The van der Waals surface area contributed by atoms with Crippen LogP contribution in [0.1, 0.15) is 38.8 Å². The van der Waals surface area contributed by atoms with Gasteiger partial charge in [-0.1, -0.05) is 12.1 Å². The van der Waals surface area contributed by atoms with Crippen molar-refractivity contribution < 1.29 is 14.4 Å². The summed E-state index contributed by atoms with van der Waals surface area (Å²) in [7, 11) is 0. The first kappa shape index (κ1) is 19.6. The Morgan fingerprint density at radius 3 is 2.00 bits per heavy atom. The fraction of sp³-hybridized carbons (Fsp3) is 0.318. The highest BCUT2D eigenvalue weighted by molar-refractivity contribution is 6.06. The molecule has 1 N–H and O–H groups in total. The van der Waals surface area contributed by atoms with Crippen molar-refractivity contribution in [2.75, 3.05) is 31.5 Å². The summed E-state index contributed by atoms with van der Waals surface area (Å²) < 4.78 is 0. The van der Waals surface area contributed by atoms with E-state index in [4.69, 9.17) is 0 Å². The molecule has 3 rings (SSSR count). The second kappa shape index (κ2) is 8.25. The molecule has 0 radical (unpaired) electrons. The SMILES string of the molecule is CC(=O)N1CCN(C(=O)c2cccc(C(=O)Nc3cc(C)cc(C)c3)c2)CC1. The first-order valence-electron chi connectivity index (χ1n) is 9.38. The summed E-state index contributed by atoms with van der Waals surface area (Å²) in [6.07, 6.45) is 0. The minimum absolute atomic E-state index is 0.0251. The molecular formula is C22H25N3O3. The van der Waals surface area contributed by atoms with Crippen molar-refractivity contribution in [3.63, 3.8) is 0 Å². The molecule has 0 aliphatic carbocycles. The lowest BCUT2D eigenvalue weighted by molar-refractivity contribution is -0.130. The highest BCUT2D eigenvalue weighted by atomic mass is 16.2. The van der Waals surface area contributed by atoms with Crippen LogP contribution < -0.4 is 5.32 Å². The number of piperazine rings is 1. The van der Waals surface area contributed by atoms with E-state index in [0.717, 1.165) is 16.8 Å². The minimum atomic E-state index is -0.249. The van der Waals surface area contributed by atoms with Crippen LogP contribution in [0.15, 0.2) is 42.5 Å². The average molecular weight is 379 g/mol. The van der Waals surface area contributed by atoms with Gasteiger partial charge in [-0.05, 0) is 55.3 Å². The molecule has 1 saturated heterocycles. The van der Waals surface area contributed by atoms with Crippen molar-refractivity contribution in [2.24, 2.45) is 0 Å². The maximum absolute atomic E-state index is 12.8. The summed E-state index contributed by atoms with van der Waals surface area (Å²) in [5.74, 6) is -0.345. The lowest BCUT2D eigenvalue weighted by Crippen LogP contribution is -2.50. The monoisotopic (exact) mass is 379 g/mol. The van der Waals surface area contributed by atoms with Crippen LogP contribution >= 0.6 is 0 Å². The van der Waals surface area contributed by atoms with Gasteiger partial charge >= 0.3 is 0 Å². The predicted molar refractivity (Wildman–Crippen MR) is 108 cm³/mol. The number of hydrogen-bond acceptors (Lipinski definition) is 3. The van der Waals surface area contributed by atoms with Gasteiger partial charge in [-0.3, -0.25) is 14.4 Å². The van der Waals surface area contributed by atoms with E-state index in [0.29, 0.717) is 37.3 Å². The van der Waals surface area contributed by atoms with E-state index in [1.165, 1.54) is 6.92 Å². The zero-order valence-electron chi connectivity index (χ0n) is 16.5. The van der Waals surface area contributed by atoms with Gasteiger partial charge in [0.25, 0.3) is 11.8 Å². The number of nitrogens with zero attached hydrogens (tertiary/aromatic N) is 2. The number of carbonyl (C=O) groups excluding carboxylic acids is 3. The number of nitrogens with one attached hydrogen (secondary N) is 1. The first-order valence-corrected chi connectivity index (χ1v) is 9.38. The predicted octanol–water partition coefficient (Wildman–Crippen LogP) is 2.86. The largest absolute Gasteiger partial charge is 0.339 e. The third kappa shape index (κ3) is 4.57. The van der Waals surface area contributed by atoms with Gasteiger partial charge in [0.05, 0.1) is 0 Å². The van der Waals surface area contributed by atoms with Crippen LogP contribution in [0.2, 0.25) is 0 Å². The zero-order chi connectivity index (χ0) is 20.3. The summed E-state index contributed by atoms with van der Waals surface area (Å²) in [5.41, 5.74) is 3.80. The molecule has 0 unspecified atom stereocenters. The zero-order valence-corrected chi connectivity index (χ0v) is 16.5. The molecule has 0 saturated carbocycles. The van der Waals surface area contributed by atoms with Gasteiger partial charge in [-0.2, -0.15) is 0 Å². The molecule has 3 amide bonds. The van der Waals surface area contributed by atoms with E-state index in [1.54, 1.807) is 34.1 Å². The number of benzene rings is 2. The van der Waals surface area contributed by atoms with E-state index in [2.05, 4.69) is 5.32 Å². The summed E-state index contributed by atoms with van der Waals surface area (Å²) in [4.78, 5) is 40.3. The molecule has 0 aromatic heterocycles. The molecule has 0 spiro atoms. The highest BCUT2D eigenvalue weighted by Gasteiger charge is 2.23. The third-order valence-electron chi connectivity index (χ3n) is 4.86. The van der Waals surface area contributed by atoms with E-state index < -0.39 is 0 Å². The third-order valence-corrected chi connectivity index (χ3v) is 4.86. The molecule has 1 fully saturated rings. The van der Waals surface area contributed by atoms with E-state index in [9.17, 15) is 14.4 Å². The van der Waals surface area contributed by atoms with Gasteiger partial charge in [-0.25, -0.2) is 0 Å². The molecule has 2 aromatic carbocycles. The number of rotatable bonds is 3.